The zero-order valence-corrected chi connectivity index (χ0v) is 12.4. The summed E-state index contributed by atoms with van der Waals surface area (Å²) < 4.78 is 1.56. The molecular weight excluding hydrogens is 294 g/mol. The minimum Gasteiger partial charge on any atom is -0.508 e. The van der Waals surface area contributed by atoms with Gasteiger partial charge in [0, 0.05) is 0 Å². The van der Waals surface area contributed by atoms with Gasteiger partial charge < -0.3 is 5.11 Å². The number of nitrogens with one attached hydrogen (secondary N) is 1. The molecule has 0 aliphatic carbocycles. The molecule has 7 nitrogen and oxygen atoms in total. The van der Waals surface area contributed by atoms with Gasteiger partial charge in [0.25, 0.3) is 5.91 Å². The molecule has 1 aromatic heterocycles. The van der Waals surface area contributed by atoms with Crippen LogP contribution in [-0.2, 0) is 4.79 Å². The van der Waals surface area contributed by atoms with Crippen molar-refractivity contribution in [3.05, 3.63) is 54.1 Å². The van der Waals surface area contributed by atoms with Crippen molar-refractivity contribution in [2.24, 2.45) is 5.10 Å². The summed E-state index contributed by atoms with van der Waals surface area (Å²) in [6.07, 6.45) is 1.50. The number of aromatic nitrogens is 3. The summed E-state index contributed by atoms with van der Waals surface area (Å²) in [7, 11) is 0. The fourth-order valence-corrected chi connectivity index (χ4v) is 2.11. The molecule has 0 saturated carbocycles. The standard InChI is InChI=1S/C16H15N5O2/c1-11(21-15-5-3-2-4-14(15)18-20-21)16(23)19-17-10-12-6-8-13(22)9-7-12/h2-11,22H,1H3,(H,19,23)/b17-10-/t11-/m1/s1. The zero-order chi connectivity index (χ0) is 16.2. The number of nitrogens with zero attached hydrogens (tertiary/aromatic N) is 4. The number of amides is 1. The molecule has 0 spiro atoms. The van der Waals surface area contributed by atoms with Gasteiger partial charge in [-0.05, 0) is 48.9 Å². The summed E-state index contributed by atoms with van der Waals surface area (Å²) in [5.41, 5.74) is 4.77. The number of phenols is 1. The van der Waals surface area contributed by atoms with Gasteiger partial charge in [-0.2, -0.15) is 5.10 Å². The van der Waals surface area contributed by atoms with Gasteiger partial charge in [0.1, 0.15) is 17.3 Å². The minimum atomic E-state index is -0.542. The summed E-state index contributed by atoms with van der Waals surface area (Å²) in [6, 6.07) is 13.4. The second kappa shape index (κ2) is 6.27. The molecule has 0 saturated heterocycles. The first-order chi connectivity index (χ1) is 11.1. The van der Waals surface area contributed by atoms with Crippen LogP contribution in [0.1, 0.15) is 18.5 Å². The first-order valence-electron chi connectivity index (χ1n) is 7.07. The predicted molar refractivity (Wildman–Crippen MR) is 86.1 cm³/mol. The lowest BCUT2D eigenvalue weighted by Gasteiger charge is -2.10. The monoisotopic (exact) mass is 309 g/mol. The van der Waals surface area contributed by atoms with Gasteiger partial charge in [0.2, 0.25) is 0 Å². The van der Waals surface area contributed by atoms with E-state index in [1.807, 2.05) is 24.3 Å². The molecule has 116 valence electrons. The molecule has 0 aliphatic heterocycles. The summed E-state index contributed by atoms with van der Waals surface area (Å²) in [4.78, 5) is 12.2. The van der Waals surface area contributed by atoms with Crippen LogP contribution in [0.25, 0.3) is 11.0 Å². The normalized spacial score (nSPS) is 12.6. The molecule has 1 atom stereocenters. The van der Waals surface area contributed by atoms with Gasteiger partial charge in [0.15, 0.2) is 0 Å². The Bertz CT molecular complexity index is 854. The highest BCUT2D eigenvalue weighted by Crippen LogP contribution is 2.15. The van der Waals surface area contributed by atoms with Crippen molar-refractivity contribution in [3.8, 4) is 5.75 Å². The molecule has 1 amide bonds. The van der Waals surface area contributed by atoms with Crippen molar-refractivity contribution in [2.45, 2.75) is 13.0 Å². The van der Waals surface area contributed by atoms with Gasteiger partial charge in [-0.15, -0.1) is 5.10 Å². The zero-order valence-electron chi connectivity index (χ0n) is 12.4. The van der Waals surface area contributed by atoms with Gasteiger partial charge >= 0.3 is 0 Å². The molecule has 2 aromatic carbocycles. The molecule has 7 heteroatoms. The summed E-state index contributed by atoms with van der Waals surface area (Å²) in [5, 5.41) is 21.2. The van der Waals surface area contributed by atoms with Crippen molar-refractivity contribution in [1.82, 2.24) is 20.4 Å². The molecule has 0 radical (unpaired) electrons. The maximum Gasteiger partial charge on any atom is 0.264 e. The quantitative estimate of drug-likeness (QED) is 0.568. The number of fused-ring (bicyclic) bond motifs is 1. The number of aromatic hydroxyl groups is 1. The molecule has 3 rings (SSSR count). The van der Waals surface area contributed by atoms with E-state index in [1.165, 1.54) is 6.21 Å². The average molecular weight is 309 g/mol. The third kappa shape index (κ3) is 3.18. The average Bonchev–Trinajstić information content (AvgIpc) is 3.00. The molecular formula is C16H15N5O2. The lowest BCUT2D eigenvalue weighted by Crippen LogP contribution is -2.28. The highest BCUT2D eigenvalue weighted by molar-refractivity contribution is 5.85. The van der Waals surface area contributed by atoms with E-state index in [4.69, 9.17) is 0 Å². The van der Waals surface area contributed by atoms with Crippen LogP contribution in [0.3, 0.4) is 0 Å². The van der Waals surface area contributed by atoms with E-state index in [0.717, 1.165) is 16.6 Å². The highest BCUT2D eigenvalue weighted by atomic mass is 16.3. The second-order valence-corrected chi connectivity index (χ2v) is 5.02. The van der Waals surface area contributed by atoms with Gasteiger partial charge in [-0.25, -0.2) is 10.1 Å². The van der Waals surface area contributed by atoms with Crippen LogP contribution < -0.4 is 5.43 Å². The van der Waals surface area contributed by atoms with Gasteiger partial charge in [0.05, 0.1) is 11.7 Å². The third-order valence-corrected chi connectivity index (χ3v) is 3.41. The fraction of sp³-hybridized carbons (Fsp3) is 0.125. The number of hydrogen-bond donors (Lipinski definition) is 2. The molecule has 3 aromatic rings. The van der Waals surface area contributed by atoms with Crippen molar-refractivity contribution in [2.75, 3.05) is 0 Å². The number of rotatable bonds is 4. The summed E-state index contributed by atoms with van der Waals surface area (Å²) in [6.45, 7) is 1.73. The predicted octanol–water partition coefficient (Wildman–Crippen LogP) is 1.85. The molecule has 2 N–H and O–H groups in total. The molecule has 0 fully saturated rings. The molecule has 1 heterocycles. The van der Waals surface area contributed by atoms with Crippen LogP contribution in [0.15, 0.2) is 53.6 Å². The van der Waals surface area contributed by atoms with E-state index < -0.39 is 6.04 Å². The van der Waals surface area contributed by atoms with E-state index in [-0.39, 0.29) is 11.7 Å². The van der Waals surface area contributed by atoms with Crippen LogP contribution in [-0.4, -0.2) is 32.2 Å². The second-order valence-electron chi connectivity index (χ2n) is 5.02. The van der Waals surface area contributed by atoms with Crippen molar-refractivity contribution in [1.29, 1.82) is 0 Å². The largest absolute Gasteiger partial charge is 0.508 e. The first kappa shape index (κ1) is 14.7. The third-order valence-electron chi connectivity index (χ3n) is 3.41. The van der Waals surface area contributed by atoms with E-state index in [0.29, 0.717) is 0 Å². The molecule has 0 unspecified atom stereocenters. The maximum absolute atomic E-state index is 12.2. The Kier molecular flexibility index (Phi) is 4.01. The lowest BCUT2D eigenvalue weighted by atomic mass is 10.2. The van der Waals surface area contributed by atoms with Gasteiger partial charge in [-0.1, -0.05) is 17.3 Å². The highest BCUT2D eigenvalue weighted by Gasteiger charge is 2.17. The number of para-hydroxylation sites is 1. The number of hydrogen-bond acceptors (Lipinski definition) is 5. The number of hydrazone groups is 1. The Morgan fingerprint density at radius 3 is 2.78 bits per heavy atom. The minimum absolute atomic E-state index is 0.179. The Morgan fingerprint density at radius 1 is 1.26 bits per heavy atom. The molecule has 0 aliphatic rings. The van der Waals surface area contributed by atoms with E-state index in [9.17, 15) is 9.90 Å². The Labute approximate surface area is 132 Å². The summed E-state index contributed by atoms with van der Waals surface area (Å²) >= 11 is 0. The smallest absolute Gasteiger partial charge is 0.264 e. The van der Waals surface area contributed by atoms with Gasteiger partial charge in [-0.3, -0.25) is 4.79 Å². The fourth-order valence-electron chi connectivity index (χ4n) is 2.11. The SMILES string of the molecule is C[C@H](C(=O)N/N=C\c1ccc(O)cc1)n1nnc2ccccc21. The van der Waals surface area contributed by atoms with Crippen LogP contribution in [0.5, 0.6) is 5.75 Å². The summed E-state index contributed by atoms with van der Waals surface area (Å²) in [5.74, 6) is -0.117. The van der Waals surface area contributed by atoms with Crippen LogP contribution in [0.2, 0.25) is 0 Å². The van der Waals surface area contributed by atoms with E-state index >= 15 is 0 Å². The maximum atomic E-state index is 12.2. The van der Waals surface area contributed by atoms with Crippen molar-refractivity contribution >= 4 is 23.2 Å². The Balaban J connectivity index is 1.69. The Hall–Kier alpha value is -3.22. The topological polar surface area (TPSA) is 92.4 Å². The molecule has 0 bridgehead atoms. The van der Waals surface area contributed by atoms with Crippen LogP contribution >= 0.6 is 0 Å². The van der Waals surface area contributed by atoms with Crippen molar-refractivity contribution < 1.29 is 9.90 Å². The lowest BCUT2D eigenvalue weighted by molar-refractivity contribution is -0.124. The number of carbonyl (C=O) groups excluding carboxylic acids is 1. The molecule has 23 heavy (non-hydrogen) atoms. The van der Waals surface area contributed by atoms with E-state index in [2.05, 4.69) is 20.8 Å². The van der Waals surface area contributed by atoms with Crippen LogP contribution in [0.4, 0.5) is 0 Å². The van der Waals surface area contributed by atoms with E-state index in [1.54, 1.807) is 35.9 Å². The number of phenolic OH excluding ortho intramolecular Hbond substituents is 1. The van der Waals surface area contributed by atoms with Crippen LogP contribution in [0, 0.1) is 0 Å². The number of carbonyl (C=O) groups is 1. The first-order valence-corrected chi connectivity index (χ1v) is 7.07. The number of benzene rings is 2. The Morgan fingerprint density at radius 2 is 2.00 bits per heavy atom. The van der Waals surface area contributed by atoms with Crippen molar-refractivity contribution in [3.63, 3.8) is 0 Å².